The summed E-state index contributed by atoms with van der Waals surface area (Å²) in [6, 6.07) is 19.3. The predicted molar refractivity (Wildman–Crippen MR) is 99.1 cm³/mol. The van der Waals surface area contributed by atoms with Gasteiger partial charge < -0.3 is 10.5 Å². The predicted octanol–water partition coefficient (Wildman–Crippen LogP) is 4.05. The van der Waals surface area contributed by atoms with E-state index in [-0.39, 0.29) is 11.8 Å². The van der Waals surface area contributed by atoms with E-state index in [0.717, 1.165) is 22.5 Å². The van der Waals surface area contributed by atoms with Gasteiger partial charge in [-0.25, -0.2) is 4.68 Å². The minimum absolute atomic E-state index is 0.101. The average Bonchev–Trinajstić information content (AvgIpc) is 2.98. The molecule has 3 aromatic rings. The van der Waals surface area contributed by atoms with Crippen molar-refractivity contribution in [2.45, 2.75) is 12.8 Å². The summed E-state index contributed by atoms with van der Waals surface area (Å²) >= 11 is 5.99. The molecule has 1 atom stereocenters. The first-order chi connectivity index (χ1) is 12.6. The van der Waals surface area contributed by atoms with Gasteiger partial charge in [0.05, 0.1) is 22.9 Å². The fraction of sp³-hybridized carbons (Fsp3) is 0.100. The summed E-state index contributed by atoms with van der Waals surface area (Å²) in [6.45, 7) is 1.90. The molecule has 1 unspecified atom stereocenters. The lowest BCUT2D eigenvalue weighted by atomic mass is 9.84. The van der Waals surface area contributed by atoms with Crippen molar-refractivity contribution < 1.29 is 4.74 Å². The van der Waals surface area contributed by atoms with E-state index in [1.54, 1.807) is 16.8 Å². The lowest BCUT2D eigenvalue weighted by Crippen LogP contribution is -2.22. The molecule has 4 rings (SSSR count). The Labute approximate surface area is 155 Å². The molecule has 2 aromatic carbocycles. The maximum absolute atomic E-state index is 9.65. The number of nitrogens with two attached hydrogens (primary N) is 1. The molecule has 0 fully saturated rings. The van der Waals surface area contributed by atoms with Crippen molar-refractivity contribution in [2.75, 3.05) is 0 Å². The zero-order valence-electron chi connectivity index (χ0n) is 14.0. The molecule has 2 N–H and O–H groups in total. The fourth-order valence-electron chi connectivity index (χ4n) is 3.25. The van der Waals surface area contributed by atoms with Crippen molar-refractivity contribution in [2.24, 2.45) is 5.73 Å². The second-order valence-electron chi connectivity index (χ2n) is 6.03. The van der Waals surface area contributed by atoms with Gasteiger partial charge in [-0.05, 0) is 36.8 Å². The number of aromatic nitrogens is 2. The molecule has 0 saturated carbocycles. The number of fused-ring (bicyclic) bond motifs is 1. The summed E-state index contributed by atoms with van der Waals surface area (Å²) in [5.74, 6) is 0.310. The van der Waals surface area contributed by atoms with Crippen LogP contribution in [-0.2, 0) is 0 Å². The second kappa shape index (κ2) is 6.25. The van der Waals surface area contributed by atoms with Gasteiger partial charge in [-0.3, -0.25) is 0 Å². The standard InChI is InChI=1S/C20H15ClN4O/c1-12-17-18(13-5-3-2-4-6-13)16(11-22)19(23)26-20(17)25(24-12)15-9-7-14(21)8-10-15/h2-10,18H,23H2,1H3. The Morgan fingerprint density at radius 1 is 1.15 bits per heavy atom. The molecule has 2 heterocycles. The van der Waals surface area contributed by atoms with E-state index < -0.39 is 0 Å². The van der Waals surface area contributed by atoms with Crippen LogP contribution in [0.3, 0.4) is 0 Å². The summed E-state index contributed by atoms with van der Waals surface area (Å²) in [6.07, 6.45) is 0. The molecule has 0 aliphatic carbocycles. The first-order valence-corrected chi connectivity index (χ1v) is 8.46. The van der Waals surface area contributed by atoms with Crippen LogP contribution in [0.4, 0.5) is 0 Å². The quantitative estimate of drug-likeness (QED) is 0.746. The van der Waals surface area contributed by atoms with Gasteiger partial charge in [-0.1, -0.05) is 41.9 Å². The van der Waals surface area contributed by atoms with Gasteiger partial charge in [-0.2, -0.15) is 10.4 Å². The van der Waals surface area contributed by atoms with Crippen LogP contribution in [0.2, 0.25) is 5.02 Å². The minimum Gasteiger partial charge on any atom is -0.422 e. The molecule has 0 amide bonds. The van der Waals surface area contributed by atoms with E-state index in [4.69, 9.17) is 22.1 Å². The van der Waals surface area contributed by atoms with Crippen LogP contribution in [-0.4, -0.2) is 9.78 Å². The topological polar surface area (TPSA) is 76.9 Å². The van der Waals surface area contributed by atoms with Gasteiger partial charge in [0, 0.05) is 5.02 Å². The van der Waals surface area contributed by atoms with Crippen LogP contribution in [0.5, 0.6) is 5.88 Å². The summed E-state index contributed by atoms with van der Waals surface area (Å²) in [7, 11) is 0. The van der Waals surface area contributed by atoms with E-state index in [1.807, 2.05) is 49.4 Å². The number of hydrogen-bond donors (Lipinski definition) is 1. The van der Waals surface area contributed by atoms with Crippen molar-refractivity contribution in [3.05, 3.63) is 87.9 Å². The Hall–Kier alpha value is -3.23. The third-order valence-electron chi connectivity index (χ3n) is 4.44. The molecule has 0 saturated heterocycles. The van der Waals surface area contributed by atoms with Gasteiger partial charge in [0.25, 0.3) is 0 Å². The molecule has 0 bridgehead atoms. The molecule has 6 heteroatoms. The smallest absolute Gasteiger partial charge is 0.229 e. The fourth-order valence-corrected chi connectivity index (χ4v) is 3.38. The molecule has 0 radical (unpaired) electrons. The summed E-state index contributed by atoms with van der Waals surface area (Å²) in [5, 5.41) is 14.9. The lowest BCUT2D eigenvalue weighted by Gasteiger charge is -2.24. The van der Waals surface area contributed by atoms with Crippen LogP contribution in [0.1, 0.15) is 22.7 Å². The number of aryl methyl sites for hydroxylation is 1. The van der Waals surface area contributed by atoms with E-state index in [1.165, 1.54) is 0 Å². The maximum atomic E-state index is 9.65. The van der Waals surface area contributed by atoms with Gasteiger partial charge in [0.15, 0.2) is 0 Å². The SMILES string of the molecule is Cc1nn(-c2ccc(Cl)cc2)c2c1C(c1ccccc1)C(C#N)=C(N)O2. The van der Waals surface area contributed by atoms with Gasteiger partial charge in [0.2, 0.25) is 11.8 Å². The van der Waals surface area contributed by atoms with Crippen molar-refractivity contribution in [1.82, 2.24) is 9.78 Å². The Kier molecular flexibility index (Phi) is 3.90. The van der Waals surface area contributed by atoms with Crippen LogP contribution in [0.25, 0.3) is 5.69 Å². The minimum atomic E-state index is -0.314. The Balaban J connectivity index is 1.95. The van der Waals surface area contributed by atoms with Crippen LogP contribution >= 0.6 is 11.6 Å². The molecule has 0 spiro atoms. The number of allylic oxidation sites excluding steroid dienone is 1. The first-order valence-electron chi connectivity index (χ1n) is 8.08. The average molecular weight is 363 g/mol. The third-order valence-corrected chi connectivity index (χ3v) is 4.69. The van der Waals surface area contributed by atoms with Crippen LogP contribution in [0, 0.1) is 18.3 Å². The van der Waals surface area contributed by atoms with E-state index >= 15 is 0 Å². The molecule has 1 aromatic heterocycles. The number of hydrogen-bond acceptors (Lipinski definition) is 4. The first kappa shape index (κ1) is 16.2. The number of halogens is 1. The Morgan fingerprint density at radius 2 is 1.85 bits per heavy atom. The van der Waals surface area contributed by atoms with Crippen LogP contribution in [0.15, 0.2) is 66.1 Å². The highest BCUT2D eigenvalue weighted by Crippen LogP contribution is 2.44. The summed E-state index contributed by atoms with van der Waals surface area (Å²) < 4.78 is 7.52. The molecule has 128 valence electrons. The normalized spacial score (nSPS) is 16.0. The maximum Gasteiger partial charge on any atom is 0.229 e. The largest absolute Gasteiger partial charge is 0.422 e. The zero-order valence-corrected chi connectivity index (χ0v) is 14.7. The van der Waals surface area contributed by atoms with Gasteiger partial charge >= 0.3 is 0 Å². The van der Waals surface area contributed by atoms with Crippen molar-refractivity contribution in [1.29, 1.82) is 5.26 Å². The highest BCUT2D eigenvalue weighted by atomic mass is 35.5. The number of nitrogens with zero attached hydrogens (tertiary/aromatic N) is 3. The Morgan fingerprint density at radius 3 is 2.50 bits per heavy atom. The number of benzene rings is 2. The van der Waals surface area contributed by atoms with E-state index in [2.05, 4.69) is 11.2 Å². The third kappa shape index (κ3) is 2.52. The lowest BCUT2D eigenvalue weighted by molar-refractivity contribution is 0.367. The Bertz CT molecular complexity index is 1050. The summed E-state index contributed by atoms with van der Waals surface area (Å²) in [4.78, 5) is 0. The number of rotatable bonds is 2. The van der Waals surface area contributed by atoms with Crippen molar-refractivity contribution in [3.8, 4) is 17.6 Å². The monoisotopic (exact) mass is 362 g/mol. The molecule has 1 aliphatic heterocycles. The molecule has 26 heavy (non-hydrogen) atoms. The number of ether oxygens (including phenoxy) is 1. The molecule has 1 aliphatic rings. The molecule has 5 nitrogen and oxygen atoms in total. The molecular weight excluding hydrogens is 348 g/mol. The second-order valence-corrected chi connectivity index (χ2v) is 6.46. The summed E-state index contributed by atoms with van der Waals surface area (Å²) in [5.41, 5.74) is 9.87. The van der Waals surface area contributed by atoms with Crippen molar-refractivity contribution >= 4 is 11.6 Å². The zero-order chi connectivity index (χ0) is 18.3. The van der Waals surface area contributed by atoms with E-state index in [9.17, 15) is 5.26 Å². The number of nitriles is 1. The molecular formula is C20H15ClN4O. The highest BCUT2D eigenvalue weighted by Gasteiger charge is 2.35. The van der Waals surface area contributed by atoms with Crippen LogP contribution < -0.4 is 10.5 Å². The highest BCUT2D eigenvalue weighted by molar-refractivity contribution is 6.30. The van der Waals surface area contributed by atoms with Crippen molar-refractivity contribution in [3.63, 3.8) is 0 Å². The van der Waals surface area contributed by atoms with Gasteiger partial charge in [-0.15, -0.1) is 0 Å². The van der Waals surface area contributed by atoms with Gasteiger partial charge in [0.1, 0.15) is 11.6 Å². The van der Waals surface area contributed by atoms with E-state index in [0.29, 0.717) is 16.5 Å².